The molecule has 3 aromatic rings. The second-order valence-electron chi connectivity index (χ2n) is 7.05. The van der Waals surface area contributed by atoms with E-state index in [9.17, 15) is 18.0 Å². The Hall–Kier alpha value is -3.01. The molecule has 1 aromatic heterocycles. The molecular weight excluding hydrogens is 441 g/mol. The number of aromatic nitrogens is 3. The van der Waals surface area contributed by atoms with Crippen molar-refractivity contribution in [1.29, 1.82) is 0 Å². The molecule has 0 fully saturated rings. The van der Waals surface area contributed by atoms with Gasteiger partial charge in [0.05, 0.1) is 11.3 Å². The fraction of sp³-hybridized carbons (Fsp3) is 0.318. The van der Waals surface area contributed by atoms with Crippen LogP contribution >= 0.6 is 11.8 Å². The van der Waals surface area contributed by atoms with Crippen LogP contribution in [0.5, 0.6) is 5.75 Å². The first kappa shape index (κ1) is 23.6. The van der Waals surface area contributed by atoms with Crippen LogP contribution in [-0.2, 0) is 24.1 Å². The average molecular weight is 465 g/mol. The Bertz CT molecular complexity index is 1100. The van der Waals surface area contributed by atoms with Gasteiger partial charge in [0.1, 0.15) is 12.4 Å². The third kappa shape index (κ3) is 5.82. The maximum Gasteiger partial charge on any atom is 0.416 e. The highest BCUT2D eigenvalue weighted by Crippen LogP contribution is 2.30. The quantitative estimate of drug-likeness (QED) is 0.462. The number of nitrogens with one attached hydrogen (secondary N) is 1. The van der Waals surface area contributed by atoms with Gasteiger partial charge in [-0.25, -0.2) is 0 Å². The Kier molecular flexibility index (Phi) is 7.44. The first-order chi connectivity index (χ1) is 15.2. The zero-order valence-corrected chi connectivity index (χ0v) is 18.7. The molecule has 0 saturated heterocycles. The van der Waals surface area contributed by atoms with Crippen molar-refractivity contribution in [1.82, 2.24) is 14.8 Å². The number of anilines is 1. The summed E-state index contributed by atoms with van der Waals surface area (Å²) in [7, 11) is 0. The summed E-state index contributed by atoms with van der Waals surface area (Å²) in [5, 5.41) is 11.3. The highest BCUT2D eigenvalue weighted by Gasteiger charge is 2.30. The van der Waals surface area contributed by atoms with Crippen molar-refractivity contribution >= 4 is 23.4 Å². The van der Waals surface area contributed by atoms with Crippen LogP contribution in [0.25, 0.3) is 0 Å². The number of halogens is 3. The van der Waals surface area contributed by atoms with E-state index in [0.29, 0.717) is 17.5 Å². The number of benzene rings is 2. The van der Waals surface area contributed by atoms with Gasteiger partial charge in [0.25, 0.3) is 0 Å². The number of nitrogens with zero attached hydrogens (tertiary/aromatic N) is 3. The summed E-state index contributed by atoms with van der Waals surface area (Å²) in [6, 6.07) is 10.3. The number of aryl methyl sites for hydroxylation is 1. The molecule has 10 heteroatoms. The first-order valence-corrected chi connectivity index (χ1v) is 10.9. The molecule has 1 heterocycles. The van der Waals surface area contributed by atoms with Gasteiger partial charge < -0.3 is 14.6 Å². The number of carbonyl (C=O) groups excluding carboxylic acids is 1. The summed E-state index contributed by atoms with van der Waals surface area (Å²) in [5.41, 5.74) is 1.45. The van der Waals surface area contributed by atoms with Gasteiger partial charge in [-0.1, -0.05) is 30.0 Å². The number of thioether (sulfide) groups is 1. The third-order valence-corrected chi connectivity index (χ3v) is 5.79. The number of alkyl halides is 3. The maximum absolute atomic E-state index is 12.8. The number of hydrogen-bond donors (Lipinski definition) is 1. The van der Waals surface area contributed by atoms with Gasteiger partial charge in [0.15, 0.2) is 11.0 Å². The van der Waals surface area contributed by atoms with Crippen molar-refractivity contribution in [2.45, 2.75) is 45.3 Å². The van der Waals surface area contributed by atoms with Crippen LogP contribution in [0.2, 0.25) is 0 Å². The normalized spacial score (nSPS) is 11.4. The van der Waals surface area contributed by atoms with Crippen LogP contribution in [0, 0.1) is 13.8 Å². The molecule has 0 atom stereocenters. The molecule has 3 rings (SSSR count). The number of ether oxygens (including phenoxy) is 1. The second kappa shape index (κ2) is 10.1. The van der Waals surface area contributed by atoms with Crippen molar-refractivity contribution < 1.29 is 22.7 Å². The van der Waals surface area contributed by atoms with Crippen LogP contribution in [0.1, 0.15) is 29.4 Å². The minimum atomic E-state index is -4.47. The number of hydrogen-bond acceptors (Lipinski definition) is 5. The summed E-state index contributed by atoms with van der Waals surface area (Å²) in [4.78, 5) is 12.2. The molecule has 0 aliphatic carbocycles. The Morgan fingerprint density at radius 2 is 1.91 bits per heavy atom. The lowest BCUT2D eigenvalue weighted by Crippen LogP contribution is -2.15. The highest BCUT2D eigenvalue weighted by molar-refractivity contribution is 7.99. The monoisotopic (exact) mass is 464 g/mol. The van der Waals surface area contributed by atoms with Crippen molar-refractivity contribution in [3.8, 4) is 5.75 Å². The fourth-order valence-corrected chi connectivity index (χ4v) is 3.79. The molecular formula is C22H23F3N4O2S. The van der Waals surface area contributed by atoms with Crippen molar-refractivity contribution in [2.75, 3.05) is 11.1 Å². The van der Waals surface area contributed by atoms with E-state index < -0.39 is 17.6 Å². The lowest BCUT2D eigenvalue weighted by atomic mass is 10.1. The average Bonchev–Trinajstić information content (AvgIpc) is 3.14. The summed E-state index contributed by atoms with van der Waals surface area (Å²) in [6.07, 6.45) is -4.47. The van der Waals surface area contributed by atoms with Gasteiger partial charge in [-0.3, -0.25) is 4.79 Å². The third-order valence-electron chi connectivity index (χ3n) is 4.83. The molecule has 6 nitrogen and oxygen atoms in total. The zero-order valence-electron chi connectivity index (χ0n) is 17.9. The second-order valence-corrected chi connectivity index (χ2v) is 7.99. The molecule has 2 aromatic carbocycles. The van der Waals surface area contributed by atoms with Gasteiger partial charge in [0, 0.05) is 12.2 Å². The Morgan fingerprint density at radius 3 is 2.62 bits per heavy atom. The predicted octanol–water partition coefficient (Wildman–Crippen LogP) is 5.24. The molecule has 32 heavy (non-hydrogen) atoms. The maximum atomic E-state index is 12.8. The SMILES string of the molecule is CCn1c(COc2cccc(C)c2C)nnc1SCC(=O)Nc1cccc(C(F)(F)F)c1. The number of rotatable bonds is 8. The number of amides is 1. The standard InChI is InChI=1S/C22H23F3N4O2S/c1-4-29-19(12-31-18-10-5-7-14(2)15(18)3)27-28-21(29)32-13-20(30)26-17-9-6-8-16(11-17)22(23,24)25/h5-11H,4,12-13H2,1-3H3,(H,26,30). The predicted molar refractivity (Wildman–Crippen MR) is 117 cm³/mol. The smallest absolute Gasteiger partial charge is 0.416 e. The van der Waals surface area contributed by atoms with Crippen molar-refractivity contribution in [2.24, 2.45) is 0 Å². The van der Waals surface area contributed by atoms with E-state index in [2.05, 4.69) is 15.5 Å². The lowest BCUT2D eigenvalue weighted by molar-refractivity contribution is -0.137. The van der Waals surface area contributed by atoms with E-state index in [-0.39, 0.29) is 18.0 Å². The minimum absolute atomic E-state index is 0.0216. The van der Waals surface area contributed by atoms with Crippen molar-refractivity contribution in [3.63, 3.8) is 0 Å². The Balaban J connectivity index is 1.60. The molecule has 0 saturated carbocycles. The van der Waals surface area contributed by atoms with E-state index in [1.807, 2.05) is 43.5 Å². The Morgan fingerprint density at radius 1 is 1.16 bits per heavy atom. The van der Waals surface area contributed by atoms with E-state index in [4.69, 9.17) is 4.74 Å². The van der Waals surface area contributed by atoms with Crippen LogP contribution < -0.4 is 10.1 Å². The molecule has 0 spiro atoms. The Labute approximate surface area is 188 Å². The topological polar surface area (TPSA) is 69.0 Å². The van der Waals surface area contributed by atoms with E-state index in [1.54, 1.807) is 0 Å². The van der Waals surface area contributed by atoms with Crippen LogP contribution in [0.4, 0.5) is 18.9 Å². The first-order valence-electron chi connectivity index (χ1n) is 9.90. The van der Waals surface area contributed by atoms with Crippen molar-refractivity contribution in [3.05, 3.63) is 65.0 Å². The summed E-state index contributed by atoms with van der Waals surface area (Å²) < 4.78 is 46.2. The van der Waals surface area contributed by atoms with Gasteiger partial charge >= 0.3 is 6.18 Å². The molecule has 0 aliphatic heterocycles. The van der Waals surface area contributed by atoms with Gasteiger partial charge in [-0.05, 0) is 56.2 Å². The van der Waals surface area contributed by atoms with E-state index in [0.717, 1.165) is 40.8 Å². The minimum Gasteiger partial charge on any atom is -0.485 e. The lowest BCUT2D eigenvalue weighted by Gasteiger charge is -2.12. The fourth-order valence-electron chi connectivity index (χ4n) is 2.97. The molecule has 0 unspecified atom stereocenters. The summed E-state index contributed by atoms with van der Waals surface area (Å²) >= 11 is 1.16. The molecule has 0 radical (unpaired) electrons. The van der Waals surface area contributed by atoms with E-state index in [1.165, 1.54) is 12.1 Å². The summed E-state index contributed by atoms with van der Waals surface area (Å²) in [6.45, 7) is 6.73. The highest BCUT2D eigenvalue weighted by atomic mass is 32.2. The molecule has 0 aliphatic rings. The van der Waals surface area contributed by atoms with E-state index >= 15 is 0 Å². The van der Waals surface area contributed by atoms with Gasteiger partial charge in [-0.15, -0.1) is 10.2 Å². The van der Waals surface area contributed by atoms with Crippen LogP contribution in [0.15, 0.2) is 47.6 Å². The molecule has 0 bridgehead atoms. The molecule has 1 amide bonds. The molecule has 170 valence electrons. The van der Waals surface area contributed by atoms with Gasteiger partial charge in [-0.2, -0.15) is 13.2 Å². The zero-order chi connectivity index (χ0) is 23.3. The largest absolute Gasteiger partial charge is 0.485 e. The molecule has 1 N–H and O–H groups in total. The number of carbonyl (C=O) groups is 1. The van der Waals surface area contributed by atoms with Crippen LogP contribution in [-0.4, -0.2) is 26.4 Å². The summed E-state index contributed by atoms with van der Waals surface area (Å²) in [5.74, 6) is 0.930. The van der Waals surface area contributed by atoms with Gasteiger partial charge in [0.2, 0.25) is 5.91 Å². The van der Waals surface area contributed by atoms with Crippen LogP contribution in [0.3, 0.4) is 0 Å².